The lowest BCUT2D eigenvalue weighted by Gasteiger charge is -2.26. The fraction of sp³-hybridized carbons (Fsp3) is 0.846. The van der Waals surface area contributed by atoms with Crippen LogP contribution in [-0.2, 0) is 4.79 Å². The lowest BCUT2D eigenvalue weighted by molar-refractivity contribution is -0.127. The average Bonchev–Trinajstić information content (AvgIpc) is 2.57. The van der Waals surface area contributed by atoms with Crippen LogP contribution >= 0.6 is 12.2 Å². The van der Waals surface area contributed by atoms with Gasteiger partial charge in [0.25, 0.3) is 0 Å². The molecule has 0 aromatic rings. The van der Waals surface area contributed by atoms with Gasteiger partial charge in [0.2, 0.25) is 5.91 Å². The van der Waals surface area contributed by atoms with Crippen molar-refractivity contribution in [3.8, 4) is 0 Å². The molecule has 1 amide bonds. The molecule has 1 saturated heterocycles. The summed E-state index contributed by atoms with van der Waals surface area (Å²) in [6.07, 6.45) is 1.55. The first kappa shape index (κ1) is 14.4. The van der Waals surface area contributed by atoms with Gasteiger partial charge in [-0.2, -0.15) is 0 Å². The Morgan fingerprint density at radius 2 is 2.18 bits per heavy atom. The molecule has 0 bridgehead atoms. The van der Waals surface area contributed by atoms with E-state index in [2.05, 4.69) is 13.8 Å². The number of hydrogen-bond acceptors (Lipinski definition) is 2. The molecule has 1 rings (SSSR count). The van der Waals surface area contributed by atoms with Crippen molar-refractivity contribution in [2.24, 2.45) is 23.0 Å². The summed E-state index contributed by atoms with van der Waals surface area (Å²) in [5, 5.41) is 0. The zero-order valence-corrected chi connectivity index (χ0v) is 12.1. The van der Waals surface area contributed by atoms with Crippen molar-refractivity contribution in [1.29, 1.82) is 0 Å². The van der Waals surface area contributed by atoms with E-state index in [1.54, 1.807) is 0 Å². The van der Waals surface area contributed by atoms with Crippen molar-refractivity contribution >= 4 is 23.1 Å². The number of rotatable bonds is 5. The Labute approximate surface area is 110 Å². The van der Waals surface area contributed by atoms with Gasteiger partial charge in [0, 0.05) is 24.9 Å². The highest BCUT2D eigenvalue weighted by atomic mass is 32.1. The van der Waals surface area contributed by atoms with E-state index >= 15 is 0 Å². The summed E-state index contributed by atoms with van der Waals surface area (Å²) in [7, 11) is 0. The number of hydrogen-bond donors (Lipinski definition) is 1. The molecule has 1 fully saturated rings. The molecule has 1 unspecified atom stereocenters. The number of carbonyl (C=O) groups is 1. The third kappa shape index (κ3) is 3.66. The first-order valence-electron chi connectivity index (χ1n) is 6.31. The molecule has 0 aromatic heterocycles. The van der Waals surface area contributed by atoms with E-state index in [0.717, 1.165) is 19.5 Å². The second kappa shape index (κ2) is 5.34. The number of thiocarbonyl (C=S) groups is 1. The van der Waals surface area contributed by atoms with Crippen LogP contribution in [0.25, 0.3) is 0 Å². The van der Waals surface area contributed by atoms with Crippen LogP contribution in [0.5, 0.6) is 0 Å². The van der Waals surface area contributed by atoms with Gasteiger partial charge in [0.15, 0.2) is 0 Å². The van der Waals surface area contributed by atoms with E-state index in [-0.39, 0.29) is 11.3 Å². The van der Waals surface area contributed by atoms with Gasteiger partial charge < -0.3 is 10.6 Å². The van der Waals surface area contributed by atoms with Crippen LogP contribution in [0.1, 0.15) is 40.5 Å². The highest BCUT2D eigenvalue weighted by molar-refractivity contribution is 7.80. The largest absolute Gasteiger partial charge is 0.393 e. The Bertz CT molecular complexity index is 313. The van der Waals surface area contributed by atoms with E-state index in [1.165, 1.54) is 0 Å². The first-order chi connectivity index (χ1) is 7.74. The van der Waals surface area contributed by atoms with Crippen molar-refractivity contribution in [1.82, 2.24) is 4.90 Å². The van der Waals surface area contributed by atoms with Gasteiger partial charge in [-0.3, -0.25) is 4.79 Å². The zero-order chi connectivity index (χ0) is 13.2. The van der Waals surface area contributed by atoms with Crippen molar-refractivity contribution in [3.63, 3.8) is 0 Å². The molecule has 1 atom stereocenters. The van der Waals surface area contributed by atoms with Crippen LogP contribution in [0.15, 0.2) is 0 Å². The van der Waals surface area contributed by atoms with E-state index < -0.39 is 0 Å². The summed E-state index contributed by atoms with van der Waals surface area (Å²) in [5.74, 6) is 1.37. The third-order valence-corrected chi connectivity index (χ3v) is 4.41. The van der Waals surface area contributed by atoms with Crippen molar-refractivity contribution < 1.29 is 4.79 Å². The first-order valence-corrected chi connectivity index (χ1v) is 6.72. The van der Waals surface area contributed by atoms with Crippen LogP contribution < -0.4 is 5.73 Å². The maximum atomic E-state index is 11.8. The summed E-state index contributed by atoms with van der Waals surface area (Å²) in [4.78, 5) is 14.3. The maximum absolute atomic E-state index is 11.8. The molecule has 4 heteroatoms. The molecule has 98 valence electrons. The fourth-order valence-electron chi connectivity index (χ4n) is 2.00. The Morgan fingerprint density at radius 3 is 2.59 bits per heavy atom. The molecule has 1 aliphatic rings. The number of likely N-dealkylation sites (tertiary alicyclic amines) is 1. The van der Waals surface area contributed by atoms with Gasteiger partial charge >= 0.3 is 0 Å². The van der Waals surface area contributed by atoms with E-state index in [4.69, 9.17) is 18.0 Å². The second-order valence-corrected chi connectivity index (χ2v) is 6.49. The average molecular weight is 256 g/mol. The van der Waals surface area contributed by atoms with E-state index in [1.807, 2.05) is 18.7 Å². The summed E-state index contributed by atoms with van der Waals surface area (Å²) >= 11 is 5.04. The van der Waals surface area contributed by atoms with Gasteiger partial charge in [-0.1, -0.05) is 39.9 Å². The zero-order valence-electron chi connectivity index (χ0n) is 11.3. The molecule has 0 radical (unpaired) electrons. The van der Waals surface area contributed by atoms with E-state index in [0.29, 0.717) is 23.2 Å². The normalized spacial score (nSPS) is 21.4. The molecule has 0 aliphatic carbocycles. The molecule has 3 nitrogen and oxygen atoms in total. The molecular weight excluding hydrogens is 232 g/mol. The minimum atomic E-state index is -0.161. The summed E-state index contributed by atoms with van der Waals surface area (Å²) in [6.45, 7) is 10.1. The number of nitrogens with two attached hydrogens (primary N) is 1. The molecular formula is C13H24N2OS. The summed E-state index contributed by atoms with van der Waals surface area (Å²) in [6, 6.07) is 0. The van der Waals surface area contributed by atoms with Crippen LogP contribution in [0.2, 0.25) is 0 Å². The van der Waals surface area contributed by atoms with Crippen molar-refractivity contribution in [2.75, 3.05) is 13.1 Å². The van der Waals surface area contributed by atoms with Crippen LogP contribution in [0, 0.1) is 17.3 Å². The van der Waals surface area contributed by atoms with Crippen LogP contribution in [-0.4, -0.2) is 28.9 Å². The maximum Gasteiger partial charge on any atom is 0.222 e. The molecule has 0 aromatic carbocycles. The number of carbonyl (C=O) groups excluding carboxylic acids is 1. The topological polar surface area (TPSA) is 46.3 Å². The Hall–Kier alpha value is -0.640. The van der Waals surface area contributed by atoms with Gasteiger partial charge in [-0.25, -0.2) is 0 Å². The number of amides is 1. The monoisotopic (exact) mass is 256 g/mol. The minimum absolute atomic E-state index is 0.161. The molecule has 0 saturated carbocycles. The van der Waals surface area contributed by atoms with E-state index in [9.17, 15) is 4.79 Å². The predicted molar refractivity (Wildman–Crippen MR) is 74.7 cm³/mol. The van der Waals surface area contributed by atoms with Crippen molar-refractivity contribution in [2.45, 2.75) is 40.5 Å². The Balaban J connectivity index is 2.49. The summed E-state index contributed by atoms with van der Waals surface area (Å²) < 4.78 is 0. The molecule has 17 heavy (non-hydrogen) atoms. The fourth-order valence-corrected chi connectivity index (χ4v) is 2.11. The van der Waals surface area contributed by atoms with Gasteiger partial charge in [-0.05, 0) is 18.3 Å². The molecule has 1 heterocycles. The van der Waals surface area contributed by atoms with Gasteiger partial charge in [-0.15, -0.1) is 0 Å². The van der Waals surface area contributed by atoms with Crippen LogP contribution in [0.3, 0.4) is 0 Å². The lowest BCUT2D eigenvalue weighted by atomic mass is 9.89. The Kier molecular flexibility index (Phi) is 4.53. The smallest absolute Gasteiger partial charge is 0.222 e. The third-order valence-electron chi connectivity index (χ3n) is 3.86. The van der Waals surface area contributed by atoms with Crippen molar-refractivity contribution in [3.05, 3.63) is 0 Å². The minimum Gasteiger partial charge on any atom is -0.393 e. The molecule has 1 aliphatic heterocycles. The summed E-state index contributed by atoms with van der Waals surface area (Å²) in [5.41, 5.74) is 5.53. The number of nitrogens with zero attached hydrogens (tertiary/aromatic N) is 1. The van der Waals surface area contributed by atoms with Crippen LogP contribution in [0.4, 0.5) is 0 Å². The molecule has 0 spiro atoms. The van der Waals surface area contributed by atoms with Gasteiger partial charge in [0.1, 0.15) is 0 Å². The SMILES string of the molecule is CC(C)C1CC(=O)N(CCC(C)(C)C(N)=S)C1. The standard InChI is InChI=1S/C13H24N2OS/c1-9(2)10-7-11(16)15(8-10)6-5-13(3,4)12(14)17/h9-10H,5-8H2,1-4H3,(H2,14,17). The Morgan fingerprint density at radius 1 is 1.59 bits per heavy atom. The van der Waals surface area contributed by atoms with Gasteiger partial charge in [0.05, 0.1) is 4.99 Å². The lowest BCUT2D eigenvalue weighted by Crippen LogP contribution is -2.35. The second-order valence-electron chi connectivity index (χ2n) is 6.05. The highest BCUT2D eigenvalue weighted by Crippen LogP contribution is 2.27. The predicted octanol–water partition coefficient (Wildman–Crippen LogP) is 2.19. The highest BCUT2D eigenvalue weighted by Gasteiger charge is 2.32. The molecule has 2 N–H and O–H groups in total. The quantitative estimate of drug-likeness (QED) is 0.767.